The molecule has 0 aliphatic heterocycles. The Bertz CT molecular complexity index is 195. The first-order chi connectivity index (χ1) is 5.31. The molecule has 1 unspecified atom stereocenters. The summed E-state index contributed by atoms with van der Waals surface area (Å²) in [5, 5.41) is 0. The lowest BCUT2D eigenvalue weighted by atomic mass is 10.3. The van der Waals surface area contributed by atoms with E-state index in [1.54, 1.807) is 0 Å². The van der Waals surface area contributed by atoms with Gasteiger partial charge in [-0.2, -0.15) is 0 Å². The highest BCUT2D eigenvalue weighted by atomic mass is 19.1. The average molecular weight is 158 g/mol. The van der Waals surface area contributed by atoms with E-state index in [-0.39, 0.29) is 19.5 Å². The van der Waals surface area contributed by atoms with Gasteiger partial charge in [-0.25, -0.2) is 24.0 Å². The van der Waals surface area contributed by atoms with Crippen LogP contribution in [0, 0.1) is 0 Å². The smallest absolute Gasteiger partial charge is 0.235 e. The summed E-state index contributed by atoms with van der Waals surface area (Å²) in [5.74, 6) is 0. The molecular weight excluding hydrogens is 151 g/mol. The van der Waals surface area contributed by atoms with Crippen LogP contribution in [-0.2, 0) is 9.59 Å². The van der Waals surface area contributed by atoms with Crippen molar-refractivity contribution in [1.29, 1.82) is 0 Å². The third-order valence-electron chi connectivity index (χ3n) is 0.973. The van der Waals surface area contributed by atoms with E-state index in [0.29, 0.717) is 0 Å². The van der Waals surface area contributed by atoms with Gasteiger partial charge in [0.15, 0.2) is 0 Å². The molecule has 0 fully saturated rings. The van der Waals surface area contributed by atoms with Crippen LogP contribution >= 0.6 is 0 Å². The quantitative estimate of drug-likeness (QED) is 0.429. The van der Waals surface area contributed by atoms with Gasteiger partial charge in [-0.1, -0.05) is 0 Å². The SMILES string of the molecule is O=C=NCCC(F)CN=C=O. The molecule has 0 saturated heterocycles. The van der Waals surface area contributed by atoms with E-state index < -0.39 is 6.17 Å². The zero-order chi connectivity index (χ0) is 8.53. The first-order valence-corrected chi connectivity index (χ1v) is 3.02. The molecule has 0 amide bonds. The Morgan fingerprint density at radius 3 is 2.45 bits per heavy atom. The minimum absolute atomic E-state index is 0.0824. The second-order valence-electron chi connectivity index (χ2n) is 1.79. The van der Waals surface area contributed by atoms with Crippen LogP contribution in [0.1, 0.15) is 6.42 Å². The maximum Gasteiger partial charge on any atom is 0.235 e. The van der Waals surface area contributed by atoms with Gasteiger partial charge < -0.3 is 0 Å². The van der Waals surface area contributed by atoms with Crippen LogP contribution in [0.25, 0.3) is 0 Å². The van der Waals surface area contributed by atoms with Gasteiger partial charge in [-0.15, -0.1) is 0 Å². The average Bonchev–Trinajstić information content (AvgIpc) is 2.01. The highest BCUT2D eigenvalue weighted by Crippen LogP contribution is 1.97. The molecule has 1 atom stereocenters. The molecule has 0 aliphatic carbocycles. The van der Waals surface area contributed by atoms with Crippen molar-refractivity contribution in [3.8, 4) is 0 Å². The minimum atomic E-state index is -1.23. The molecule has 0 aromatic carbocycles. The Labute approximate surface area is 62.8 Å². The highest BCUT2D eigenvalue weighted by molar-refractivity contribution is 5.33. The van der Waals surface area contributed by atoms with Crippen LogP contribution in [0.5, 0.6) is 0 Å². The Kier molecular flexibility index (Phi) is 5.99. The maximum atomic E-state index is 12.5. The topological polar surface area (TPSA) is 58.9 Å². The Morgan fingerprint density at radius 2 is 1.91 bits per heavy atom. The van der Waals surface area contributed by atoms with Gasteiger partial charge in [0, 0.05) is 6.42 Å². The number of hydrogen-bond donors (Lipinski definition) is 0. The van der Waals surface area contributed by atoms with Gasteiger partial charge in [0.05, 0.1) is 13.1 Å². The molecular formula is C6H7FN2O2. The van der Waals surface area contributed by atoms with E-state index in [1.165, 1.54) is 12.2 Å². The molecule has 0 aliphatic rings. The molecule has 0 N–H and O–H groups in total. The molecule has 5 heteroatoms. The van der Waals surface area contributed by atoms with Gasteiger partial charge in [0.2, 0.25) is 12.2 Å². The zero-order valence-corrected chi connectivity index (χ0v) is 5.79. The summed E-state index contributed by atoms with van der Waals surface area (Å²) in [6.07, 6.45) is 1.35. The molecule has 0 spiro atoms. The molecule has 0 heterocycles. The second kappa shape index (κ2) is 6.81. The number of nitrogens with zero attached hydrogens (tertiary/aromatic N) is 2. The fourth-order valence-corrected chi connectivity index (χ4v) is 0.478. The number of isocyanates is 2. The van der Waals surface area contributed by atoms with Crippen LogP contribution in [-0.4, -0.2) is 31.4 Å². The normalized spacial score (nSPS) is 11.0. The van der Waals surface area contributed by atoms with E-state index in [1.807, 2.05) is 0 Å². The van der Waals surface area contributed by atoms with E-state index in [2.05, 4.69) is 9.98 Å². The van der Waals surface area contributed by atoms with Crippen molar-refractivity contribution in [3.05, 3.63) is 0 Å². The third kappa shape index (κ3) is 6.58. The van der Waals surface area contributed by atoms with Crippen molar-refractivity contribution in [1.82, 2.24) is 0 Å². The third-order valence-corrected chi connectivity index (χ3v) is 0.973. The molecule has 0 bridgehead atoms. The summed E-state index contributed by atoms with van der Waals surface area (Å²) in [6.45, 7) is -0.128. The van der Waals surface area contributed by atoms with Gasteiger partial charge >= 0.3 is 0 Å². The number of carbonyl (C=O) groups excluding carboxylic acids is 2. The van der Waals surface area contributed by atoms with Crippen LogP contribution < -0.4 is 0 Å². The Hall–Kier alpha value is -1.31. The molecule has 60 valence electrons. The monoisotopic (exact) mass is 158 g/mol. The van der Waals surface area contributed by atoms with E-state index >= 15 is 0 Å². The number of alkyl halides is 1. The summed E-state index contributed by atoms with van der Waals surface area (Å²) < 4.78 is 12.5. The lowest BCUT2D eigenvalue weighted by Gasteiger charge is -1.97. The van der Waals surface area contributed by atoms with Gasteiger partial charge in [-0.05, 0) is 0 Å². The van der Waals surface area contributed by atoms with Crippen molar-refractivity contribution in [2.45, 2.75) is 12.6 Å². The molecule has 11 heavy (non-hydrogen) atoms. The van der Waals surface area contributed by atoms with Gasteiger partial charge in [0.25, 0.3) is 0 Å². The van der Waals surface area contributed by atoms with Crippen molar-refractivity contribution >= 4 is 12.2 Å². The number of halogens is 1. The fraction of sp³-hybridized carbons (Fsp3) is 0.667. The molecule has 4 nitrogen and oxygen atoms in total. The summed E-state index contributed by atoms with van der Waals surface area (Å²) >= 11 is 0. The largest absolute Gasteiger partial charge is 0.245 e. The lowest BCUT2D eigenvalue weighted by molar-refractivity contribution is 0.327. The fourth-order valence-electron chi connectivity index (χ4n) is 0.478. The van der Waals surface area contributed by atoms with E-state index in [4.69, 9.17) is 0 Å². The predicted molar refractivity (Wildman–Crippen MR) is 35.5 cm³/mol. The van der Waals surface area contributed by atoms with Crippen LogP contribution in [0.2, 0.25) is 0 Å². The first kappa shape index (κ1) is 9.69. The Morgan fingerprint density at radius 1 is 1.27 bits per heavy atom. The van der Waals surface area contributed by atoms with Crippen molar-refractivity contribution in [2.75, 3.05) is 13.1 Å². The molecule has 0 aromatic rings. The van der Waals surface area contributed by atoms with Crippen molar-refractivity contribution in [2.24, 2.45) is 9.98 Å². The second-order valence-corrected chi connectivity index (χ2v) is 1.79. The zero-order valence-electron chi connectivity index (χ0n) is 5.79. The van der Waals surface area contributed by atoms with Crippen LogP contribution in [0.4, 0.5) is 4.39 Å². The van der Waals surface area contributed by atoms with Crippen LogP contribution in [0.15, 0.2) is 9.98 Å². The number of hydrogen-bond acceptors (Lipinski definition) is 4. The first-order valence-electron chi connectivity index (χ1n) is 3.02. The summed E-state index contributed by atoms with van der Waals surface area (Å²) in [5.41, 5.74) is 0. The maximum absolute atomic E-state index is 12.5. The lowest BCUT2D eigenvalue weighted by Crippen LogP contribution is -2.05. The van der Waals surface area contributed by atoms with E-state index in [9.17, 15) is 14.0 Å². The number of rotatable bonds is 5. The summed E-state index contributed by atoms with van der Waals surface area (Å²) in [6, 6.07) is 0. The van der Waals surface area contributed by atoms with E-state index in [0.717, 1.165) is 0 Å². The minimum Gasteiger partial charge on any atom is -0.245 e. The molecule has 0 saturated carbocycles. The Balaban J connectivity index is 3.43. The van der Waals surface area contributed by atoms with Gasteiger partial charge in [-0.3, -0.25) is 0 Å². The molecule has 0 aromatic heterocycles. The van der Waals surface area contributed by atoms with Crippen LogP contribution in [0.3, 0.4) is 0 Å². The summed E-state index contributed by atoms with van der Waals surface area (Å²) in [7, 11) is 0. The summed E-state index contributed by atoms with van der Waals surface area (Å²) in [4.78, 5) is 25.2. The molecule has 0 radical (unpaired) electrons. The highest BCUT2D eigenvalue weighted by Gasteiger charge is 2.03. The standard InChI is InChI=1S/C6H7FN2O2/c7-6(3-9-5-11)1-2-8-4-10/h6H,1-3H2. The van der Waals surface area contributed by atoms with Crippen molar-refractivity contribution < 1.29 is 14.0 Å². The predicted octanol–water partition coefficient (Wildman–Crippen LogP) is 0.386. The van der Waals surface area contributed by atoms with Crippen molar-refractivity contribution in [3.63, 3.8) is 0 Å². The number of aliphatic imine (C=N–C) groups is 2. The van der Waals surface area contributed by atoms with Gasteiger partial charge in [0.1, 0.15) is 6.17 Å². The molecule has 0 rings (SSSR count).